The molecule has 9 rings (SSSR count). The van der Waals surface area contributed by atoms with Gasteiger partial charge in [-0.25, -0.2) is 29.9 Å². The Morgan fingerprint density at radius 3 is 1.12 bits per heavy atom. The Morgan fingerprint density at radius 2 is 0.750 bits per heavy atom. The molecule has 0 aliphatic heterocycles. The number of rotatable bonds is 4. The lowest BCUT2D eigenvalue weighted by Gasteiger charge is -2.24. The Labute approximate surface area is 279 Å². The average Bonchev–Trinajstić information content (AvgIpc) is 3.50. The average molecular weight is 621 g/mol. The van der Waals surface area contributed by atoms with Gasteiger partial charge in [0.25, 0.3) is 0 Å². The van der Waals surface area contributed by atoms with Crippen molar-refractivity contribution in [2.75, 3.05) is 0 Å². The van der Waals surface area contributed by atoms with E-state index < -0.39 is 0 Å². The summed E-state index contributed by atoms with van der Waals surface area (Å²) in [7, 11) is 0. The van der Waals surface area contributed by atoms with Crippen LogP contribution >= 0.6 is 0 Å². The highest BCUT2D eigenvalue weighted by atomic mass is 15.0. The summed E-state index contributed by atoms with van der Waals surface area (Å²) >= 11 is 0. The first kappa shape index (κ1) is 28.4. The number of fused-ring (bicyclic) bond motifs is 6. The third-order valence-electron chi connectivity index (χ3n) is 10.3. The minimum Gasteiger partial charge on any atom is -0.225 e. The van der Waals surface area contributed by atoms with E-state index in [1.165, 1.54) is 44.5 Å². The van der Waals surface area contributed by atoms with Gasteiger partial charge in [-0.05, 0) is 103 Å². The number of aromatic nitrogens is 6. The van der Waals surface area contributed by atoms with E-state index in [1.807, 2.05) is 0 Å². The zero-order valence-corrected chi connectivity index (χ0v) is 27.2. The first-order chi connectivity index (χ1) is 23.3. The van der Waals surface area contributed by atoms with Crippen molar-refractivity contribution in [2.45, 2.75) is 38.5 Å². The Hall–Kier alpha value is -5.88. The molecule has 0 saturated carbocycles. The smallest absolute Gasteiger partial charge is 0.163 e. The molecule has 5 aromatic carbocycles. The van der Waals surface area contributed by atoms with Gasteiger partial charge in [0.15, 0.2) is 11.6 Å². The molecule has 2 aliphatic rings. The minimum absolute atomic E-state index is 0.281. The quantitative estimate of drug-likeness (QED) is 0.195. The Balaban J connectivity index is 1.33. The lowest BCUT2D eigenvalue weighted by molar-refractivity contribution is 0.652. The predicted molar refractivity (Wildman–Crippen MR) is 190 cm³/mol. The summed E-state index contributed by atoms with van der Waals surface area (Å²) in [5.74, 6) is 1.35. The van der Waals surface area contributed by atoms with E-state index in [4.69, 9.17) is 0 Å². The molecule has 0 N–H and O–H groups in total. The maximum absolute atomic E-state index is 4.66. The fourth-order valence-corrected chi connectivity index (χ4v) is 7.89. The lowest BCUT2D eigenvalue weighted by atomic mass is 9.79. The van der Waals surface area contributed by atoms with Gasteiger partial charge in [0.1, 0.15) is 25.3 Å². The van der Waals surface area contributed by atoms with E-state index in [2.05, 4.69) is 155 Å². The normalized spacial score (nSPS) is 14.6. The van der Waals surface area contributed by atoms with Crippen LogP contribution in [-0.4, -0.2) is 29.9 Å². The van der Waals surface area contributed by atoms with Crippen LogP contribution in [0.2, 0.25) is 0 Å². The van der Waals surface area contributed by atoms with Crippen LogP contribution in [0.5, 0.6) is 0 Å². The second-order valence-corrected chi connectivity index (χ2v) is 13.7. The number of hydrogen-bond donors (Lipinski definition) is 0. The van der Waals surface area contributed by atoms with Crippen LogP contribution < -0.4 is 0 Å². The van der Waals surface area contributed by atoms with Gasteiger partial charge < -0.3 is 0 Å². The van der Waals surface area contributed by atoms with Gasteiger partial charge in [-0.2, -0.15) is 0 Å². The van der Waals surface area contributed by atoms with Crippen LogP contribution in [0, 0.1) is 0 Å². The maximum atomic E-state index is 4.66. The number of hydrogen-bond acceptors (Lipinski definition) is 6. The highest BCUT2D eigenvalue weighted by Crippen LogP contribution is 2.59. The summed E-state index contributed by atoms with van der Waals surface area (Å²) in [6.07, 6.45) is 6.33. The van der Waals surface area contributed by atoms with Crippen LogP contribution in [-0.2, 0) is 10.8 Å². The first-order valence-corrected chi connectivity index (χ1v) is 16.2. The third-order valence-corrected chi connectivity index (χ3v) is 10.3. The largest absolute Gasteiger partial charge is 0.225 e. The maximum Gasteiger partial charge on any atom is 0.163 e. The summed E-state index contributed by atoms with van der Waals surface area (Å²) < 4.78 is 0. The topological polar surface area (TPSA) is 77.3 Å². The first-order valence-electron chi connectivity index (χ1n) is 16.2. The van der Waals surface area contributed by atoms with Crippen LogP contribution in [0.25, 0.3) is 67.3 Å². The summed E-state index contributed by atoms with van der Waals surface area (Å²) in [4.78, 5) is 26.9. The van der Waals surface area contributed by atoms with Crippen molar-refractivity contribution < 1.29 is 0 Å². The number of nitrogens with zero attached hydrogens (tertiary/aromatic N) is 6. The molecule has 0 spiro atoms. The Morgan fingerprint density at radius 1 is 0.375 bits per heavy atom. The zero-order chi connectivity index (χ0) is 32.6. The van der Waals surface area contributed by atoms with E-state index in [9.17, 15) is 0 Å². The third kappa shape index (κ3) is 4.12. The molecule has 7 aromatic rings. The van der Waals surface area contributed by atoms with Gasteiger partial charge in [0.05, 0.1) is 0 Å². The van der Waals surface area contributed by atoms with Crippen LogP contribution in [0.4, 0.5) is 0 Å². The SMILES string of the molecule is CC1(C)c2cc3c(cc2-c2c(-c4ncncn4)cc(-c4ccccc4)cc21)C(C)(C)c1cc(-c2ccccc2)cc(-c2ncncn2)c1-3. The molecule has 0 radical (unpaired) electrons. The molecule has 6 heteroatoms. The molecule has 2 aromatic heterocycles. The van der Waals surface area contributed by atoms with Crippen molar-refractivity contribution in [3.05, 3.63) is 145 Å². The molecule has 0 saturated heterocycles. The van der Waals surface area contributed by atoms with Gasteiger partial charge in [-0.1, -0.05) is 88.4 Å². The molecule has 0 amide bonds. The molecular formula is C42H32N6. The van der Waals surface area contributed by atoms with Gasteiger partial charge in [-0.3, -0.25) is 0 Å². The molecule has 0 fully saturated rings. The number of benzene rings is 5. The summed E-state index contributed by atoms with van der Waals surface area (Å²) in [5, 5.41) is 0. The molecule has 2 aliphatic carbocycles. The monoisotopic (exact) mass is 620 g/mol. The molecule has 0 unspecified atom stereocenters. The lowest BCUT2D eigenvalue weighted by Crippen LogP contribution is -2.17. The van der Waals surface area contributed by atoms with Crippen molar-refractivity contribution in [2.24, 2.45) is 0 Å². The molecule has 6 nitrogen and oxygen atoms in total. The van der Waals surface area contributed by atoms with Crippen molar-refractivity contribution >= 4 is 0 Å². The minimum atomic E-state index is -0.281. The fourth-order valence-electron chi connectivity index (χ4n) is 7.89. The highest BCUT2D eigenvalue weighted by molar-refractivity contribution is 5.99. The van der Waals surface area contributed by atoms with Crippen molar-refractivity contribution in [3.8, 4) is 67.3 Å². The Kier molecular flexibility index (Phi) is 6.09. The molecular weight excluding hydrogens is 589 g/mol. The fraction of sp³-hybridized carbons (Fsp3) is 0.143. The standard InChI is InChI=1S/C42H32N6/c1-41(2)33-19-30-34(20-29(33)37-31(39-45-21-43-22-46-39)15-27(17-35(37)41)25-11-7-5-8-12-25)42(3,4)36-18-28(26-13-9-6-10-14-26)16-32(38(30)36)40-47-23-44-24-48-40/h5-24H,1-4H3. The van der Waals surface area contributed by atoms with Gasteiger partial charge >= 0.3 is 0 Å². The van der Waals surface area contributed by atoms with Crippen molar-refractivity contribution in [1.82, 2.24) is 29.9 Å². The summed E-state index contributed by atoms with van der Waals surface area (Å²) in [5.41, 5.74) is 16.1. The highest BCUT2D eigenvalue weighted by Gasteiger charge is 2.44. The van der Waals surface area contributed by atoms with Crippen LogP contribution in [0.3, 0.4) is 0 Å². The predicted octanol–water partition coefficient (Wildman–Crippen LogP) is 9.34. The van der Waals surface area contributed by atoms with Crippen molar-refractivity contribution in [1.29, 1.82) is 0 Å². The van der Waals surface area contributed by atoms with E-state index in [1.54, 1.807) is 25.3 Å². The molecule has 0 atom stereocenters. The van der Waals surface area contributed by atoms with Gasteiger partial charge in [-0.15, -0.1) is 0 Å². The summed E-state index contributed by atoms with van der Waals surface area (Å²) in [6, 6.07) is 35.2. The van der Waals surface area contributed by atoms with E-state index in [0.29, 0.717) is 11.6 Å². The molecule has 0 bridgehead atoms. The Bertz CT molecular complexity index is 2200. The molecule has 2 heterocycles. The molecule has 230 valence electrons. The van der Waals surface area contributed by atoms with Gasteiger partial charge in [0.2, 0.25) is 0 Å². The zero-order valence-electron chi connectivity index (χ0n) is 27.2. The van der Waals surface area contributed by atoms with Crippen LogP contribution in [0.1, 0.15) is 49.9 Å². The van der Waals surface area contributed by atoms with Gasteiger partial charge in [0, 0.05) is 22.0 Å². The van der Waals surface area contributed by atoms with Crippen molar-refractivity contribution in [3.63, 3.8) is 0 Å². The summed E-state index contributed by atoms with van der Waals surface area (Å²) in [6.45, 7) is 9.34. The van der Waals surface area contributed by atoms with E-state index in [-0.39, 0.29) is 10.8 Å². The van der Waals surface area contributed by atoms with Crippen LogP contribution in [0.15, 0.2) is 122 Å². The van der Waals surface area contributed by atoms with E-state index >= 15 is 0 Å². The second kappa shape index (κ2) is 10.3. The second-order valence-electron chi connectivity index (χ2n) is 13.7. The molecule has 48 heavy (non-hydrogen) atoms. The van der Waals surface area contributed by atoms with E-state index in [0.717, 1.165) is 33.4 Å².